The second-order valence-electron chi connectivity index (χ2n) is 8.28. The van der Waals surface area contributed by atoms with Crippen molar-refractivity contribution in [3.05, 3.63) is 70.9 Å². The Balaban J connectivity index is 1.95. The van der Waals surface area contributed by atoms with Crippen LogP contribution in [0.1, 0.15) is 48.0 Å². The molecule has 0 saturated carbocycles. The van der Waals surface area contributed by atoms with E-state index in [0.717, 1.165) is 27.6 Å². The Morgan fingerprint density at radius 3 is 2.34 bits per heavy atom. The minimum absolute atomic E-state index is 0.0551. The molecule has 0 N–H and O–H groups in total. The molecule has 0 aliphatic heterocycles. The zero-order chi connectivity index (χ0) is 21.2. The first-order chi connectivity index (χ1) is 13.6. The van der Waals surface area contributed by atoms with Crippen LogP contribution in [0.2, 0.25) is 0 Å². The Bertz CT molecular complexity index is 1040. The molecule has 0 unspecified atom stereocenters. The summed E-state index contributed by atoms with van der Waals surface area (Å²) in [6.07, 6.45) is 0. The van der Waals surface area contributed by atoms with Gasteiger partial charge in [0.2, 0.25) is 0 Å². The first-order valence-corrected chi connectivity index (χ1v) is 9.67. The highest BCUT2D eigenvalue weighted by Gasteiger charge is 2.23. The number of aromatic nitrogens is 1. The molecule has 29 heavy (non-hydrogen) atoms. The maximum Gasteiger partial charge on any atom is 0.355 e. The van der Waals surface area contributed by atoms with Crippen LogP contribution in [0, 0.1) is 13.8 Å². The minimum atomic E-state index is -0.598. The predicted molar refractivity (Wildman–Crippen MR) is 113 cm³/mol. The zero-order valence-electron chi connectivity index (χ0n) is 17.6. The van der Waals surface area contributed by atoms with Crippen LogP contribution in [0.5, 0.6) is 0 Å². The minimum Gasteiger partial charge on any atom is -0.459 e. The fourth-order valence-corrected chi connectivity index (χ4v) is 3.45. The number of esters is 2. The van der Waals surface area contributed by atoms with Gasteiger partial charge in [-0.05, 0) is 57.9 Å². The van der Waals surface area contributed by atoms with Crippen LogP contribution in [0.15, 0.2) is 48.5 Å². The lowest BCUT2D eigenvalue weighted by molar-refractivity contribution is -0.155. The fourth-order valence-electron chi connectivity index (χ4n) is 3.45. The molecule has 0 radical (unpaired) electrons. The molecular formula is C24H27NO4. The molecule has 152 valence electrons. The highest BCUT2D eigenvalue weighted by atomic mass is 16.6. The van der Waals surface area contributed by atoms with E-state index in [1.807, 2.05) is 77.1 Å². The van der Waals surface area contributed by atoms with E-state index in [0.29, 0.717) is 5.69 Å². The van der Waals surface area contributed by atoms with Crippen molar-refractivity contribution in [2.75, 3.05) is 0 Å². The number of benzene rings is 2. The average Bonchev–Trinajstić information content (AvgIpc) is 2.97. The van der Waals surface area contributed by atoms with Crippen molar-refractivity contribution in [1.29, 1.82) is 0 Å². The molecule has 0 spiro atoms. The molecule has 1 aromatic heterocycles. The van der Waals surface area contributed by atoms with E-state index < -0.39 is 17.5 Å². The second-order valence-corrected chi connectivity index (χ2v) is 8.28. The van der Waals surface area contributed by atoms with E-state index in [2.05, 4.69) is 0 Å². The molecule has 3 aromatic rings. The normalized spacial score (nSPS) is 11.5. The molecule has 3 rings (SSSR count). The number of rotatable bonds is 5. The van der Waals surface area contributed by atoms with Gasteiger partial charge in [-0.15, -0.1) is 0 Å². The summed E-state index contributed by atoms with van der Waals surface area (Å²) < 4.78 is 12.7. The quantitative estimate of drug-likeness (QED) is 0.575. The highest BCUT2D eigenvalue weighted by Crippen LogP contribution is 2.26. The number of hydrogen-bond acceptors (Lipinski definition) is 4. The van der Waals surface area contributed by atoms with E-state index in [1.165, 1.54) is 0 Å². The maximum atomic E-state index is 12.9. The number of nitrogens with zero attached hydrogens (tertiary/aromatic N) is 1. The van der Waals surface area contributed by atoms with Crippen LogP contribution in [-0.2, 0) is 27.4 Å². The molecule has 5 heteroatoms. The van der Waals surface area contributed by atoms with Crippen molar-refractivity contribution in [2.24, 2.45) is 0 Å². The van der Waals surface area contributed by atoms with Gasteiger partial charge < -0.3 is 14.0 Å². The van der Waals surface area contributed by atoms with Crippen molar-refractivity contribution < 1.29 is 19.1 Å². The molecule has 5 nitrogen and oxygen atoms in total. The van der Waals surface area contributed by atoms with Gasteiger partial charge in [0.25, 0.3) is 0 Å². The third-order valence-corrected chi connectivity index (χ3v) is 4.46. The summed E-state index contributed by atoms with van der Waals surface area (Å²) in [6, 6.07) is 15.3. The second kappa shape index (κ2) is 8.11. The van der Waals surface area contributed by atoms with Gasteiger partial charge >= 0.3 is 11.9 Å². The summed E-state index contributed by atoms with van der Waals surface area (Å²) in [6.45, 7) is 9.56. The number of aryl methyl sites for hydroxylation is 2. The maximum absolute atomic E-state index is 12.9. The van der Waals surface area contributed by atoms with Crippen LogP contribution in [0.3, 0.4) is 0 Å². The molecule has 2 aromatic carbocycles. The molecule has 1 heterocycles. The number of hydrogen-bond donors (Lipinski definition) is 0. The van der Waals surface area contributed by atoms with E-state index in [1.54, 1.807) is 10.6 Å². The largest absolute Gasteiger partial charge is 0.459 e. The third kappa shape index (κ3) is 5.05. The summed E-state index contributed by atoms with van der Waals surface area (Å²) in [5, 5.41) is 0.901. The van der Waals surface area contributed by atoms with Crippen molar-refractivity contribution >= 4 is 22.8 Å². The van der Waals surface area contributed by atoms with Gasteiger partial charge in [0, 0.05) is 5.39 Å². The van der Waals surface area contributed by atoms with Crippen LogP contribution < -0.4 is 0 Å². The summed E-state index contributed by atoms with van der Waals surface area (Å²) in [4.78, 5) is 25.4. The lowest BCUT2D eigenvalue weighted by Crippen LogP contribution is -2.27. The zero-order valence-corrected chi connectivity index (χ0v) is 17.6. The Morgan fingerprint density at radius 2 is 1.69 bits per heavy atom. The van der Waals surface area contributed by atoms with Crippen molar-refractivity contribution in [2.45, 2.75) is 53.4 Å². The van der Waals surface area contributed by atoms with Crippen LogP contribution in [0.4, 0.5) is 0 Å². The van der Waals surface area contributed by atoms with Gasteiger partial charge in [-0.25, -0.2) is 4.79 Å². The van der Waals surface area contributed by atoms with Gasteiger partial charge in [-0.3, -0.25) is 4.79 Å². The van der Waals surface area contributed by atoms with Crippen LogP contribution in [0.25, 0.3) is 10.9 Å². The van der Waals surface area contributed by atoms with E-state index >= 15 is 0 Å². The molecule has 0 saturated heterocycles. The first kappa shape index (κ1) is 20.6. The topological polar surface area (TPSA) is 57.5 Å². The summed E-state index contributed by atoms with van der Waals surface area (Å²) in [5.41, 5.74) is 3.57. The van der Waals surface area contributed by atoms with E-state index in [9.17, 15) is 9.59 Å². The van der Waals surface area contributed by atoms with Crippen molar-refractivity contribution in [3.63, 3.8) is 0 Å². The van der Waals surface area contributed by atoms with Crippen LogP contribution >= 0.6 is 0 Å². The van der Waals surface area contributed by atoms with Gasteiger partial charge in [0.1, 0.15) is 24.4 Å². The Hall–Kier alpha value is -3.08. The van der Waals surface area contributed by atoms with E-state index in [4.69, 9.17) is 9.47 Å². The molecule has 0 atom stereocenters. The van der Waals surface area contributed by atoms with Gasteiger partial charge in [-0.1, -0.05) is 42.0 Å². The fraction of sp³-hybridized carbons (Fsp3) is 0.333. The Morgan fingerprint density at radius 1 is 1.00 bits per heavy atom. The number of carbonyl (C=O) groups is 2. The summed E-state index contributed by atoms with van der Waals surface area (Å²) in [7, 11) is 0. The molecular weight excluding hydrogens is 366 g/mol. The SMILES string of the molecule is Cc1cc(C)c2c(c1)cc(C(=O)OCc1ccccc1)n2CC(=O)OC(C)(C)C. The smallest absolute Gasteiger partial charge is 0.355 e. The third-order valence-electron chi connectivity index (χ3n) is 4.46. The number of ether oxygens (including phenoxy) is 2. The summed E-state index contributed by atoms with van der Waals surface area (Å²) >= 11 is 0. The van der Waals surface area contributed by atoms with Gasteiger partial charge in [0.05, 0.1) is 5.52 Å². The molecule has 0 fully saturated rings. The Labute approximate surface area is 171 Å². The highest BCUT2D eigenvalue weighted by molar-refractivity contribution is 5.97. The molecule has 0 aliphatic rings. The van der Waals surface area contributed by atoms with E-state index in [-0.39, 0.29) is 13.2 Å². The van der Waals surface area contributed by atoms with Crippen molar-refractivity contribution in [1.82, 2.24) is 4.57 Å². The molecule has 0 aliphatic carbocycles. The van der Waals surface area contributed by atoms with Crippen LogP contribution in [-0.4, -0.2) is 22.1 Å². The molecule has 0 bridgehead atoms. The number of carbonyl (C=O) groups excluding carboxylic acids is 2. The van der Waals surface area contributed by atoms with Gasteiger partial charge in [0.15, 0.2) is 0 Å². The lowest BCUT2D eigenvalue weighted by Gasteiger charge is -2.20. The Kier molecular flexibility index (Phi) is 5.78. The predicted octanol–water partition coefficient (Wildman–Crippen LogP) is 4.96. The monoisotopic (exact) mass is 393 g/mol. The number of fused-ring (bicyclic) bond motifs is 1. The van der Waals surface area contributed by atoms with Gasteiger partial charge in [-0.2, -0.15) is 0 Å². The lowest BCUT2D eigenvalue weighted by atomic mass is 10.1. The summed E-state index contributed by atoms with van der Waals surface area (Å²) in [5.74, 6) is -0.863. The first-order valence-electron chi connectivity index (χ1n) is 9.67. The standard InChI is InChI=1S/C24H27NO4/c1-16-11-17(2)22-19(12-16)13-20(25(22)14-21(26)29-24(3,4)5)23(27)28-15-18-9-7-6-8-10-18/h6-13H,14-15H2,1-5H3. The van der Waals surface area contributed by atoms with Crippen molar-refractivity contribution in [3.8, 4) is 0 Å². The average molecular weight is 393 g/mol. The molecule has 0 amide bonds.